The molecule has 0 fully saturated rings. The largest absolute Gasteiger partial charge is 0.464 e. The quantitative estimate of drug-likeness (QED) is 0.685. The van der Waals surface area contributed by atoms with Crippen molar-refractivity contribution in [3.05, 3.63) is 44.3 Å². The number of pyridine rings is 1. The summed E-state index contributed by atoms with van der Waals surface area (Å²) < 4.78 is 46.9. The Hall–Kier alpha value is -2.07. The molecule has 2 aromatic rings. The molecule has 1 aliphatic rings. The lowest BCUT2D eigenvalue weighted by molar-refractivity contribution is -0.200. The summed E-state index contributed by atoms with van der Waals surface area (Å²) in [6.45, 7) is 1.19. The molecule has 0 bridgehead atoms. The van der Waals surface area contributed by atoms with Gasteiger partial charge in [0.15, 0.2) is 0 Å². The summed E-state index contributed by atoms with van der Waals surface area (Å²) in [4.78, 5) is 29.1. The van der Waals surface area contributed by atoms with Crippen molar-refractivity contribution in [3.63, 3.8) is 0 Å². The zero-order valence-electron chi connectivity index (χ0n) is 14.5. The number of esters is 1. The number of fused-ring (bicyclic) bond motifs is 1. The zero-order chi connectivity index (χ0) is 20.6. The van der Waals surface area contributed by atoms with Crippen molar-refractivity contribution in [1.29, 1.82) is 0 Å². The number of aryl methyl sites for hydroxylation is 1. The minimum absolute atomic E-state index is 0.0774. The van der Waals surface area contributed by atoms with Gasteiger partial charge in [0.1, 0.15) is 11.9 Å². The van der Waals surface area contributed by atoms with Gasteiger partial charge in [0.25, 0.3) is 0 Å². The van der Waals surface area contributed by atoms with Gasteiger partial charge in [-0.05, 0) is 19.4 Å². The van der Waals surface area contributed by atoms with Gasteiger partial charge >= 0.3 is 17.8 Å². The van der Waals surface area contributed by atoms with Crippen LogP contribution in [0, 0.1) is 5.92 Å². The van der Waals surface area contributed by atoms with E-state index in [1.54, 1.807) is 0 Å². The molecule has 0 aliphatic carbocycles. The fraction of sp³-hybridized carbons (Fsp3) is 0.500. The van der Waals surface area contributed by atoms with Gasteiger partial charge in [0.2, 0.25) is 0 Å². The van der Waals surface area contributed by atoms with Crippen molar-refractivity contribution in [2.24, 2.45) is 5.92 Å². The van der Waals surface area contributed by atoms with Crippen LogP contribution in [0.1, 0.15) is 30.9 Å². The third-order valence-corrected chi connectivity index (χ3v) is 4.95. The normalized spacial score (nSPS) is 19.4. The number of aromatic nitrogens is 4. The highest BCUT2D eigenvalue weighted by Gasteiger charge is 2.52. The maximum absolute atomic E-state index is 13.5. The van der Waals surface area contributed by atoms with Crippen LogP contribution in [0.25, 0.3) is 0 Å². The number of alkyl halides is 3. The summed E-state index contributed by atoms with van der Waals surface area (Å²) in [5, 5.41) is 4.55. The van der Waals surface area contributed by atoms with Gasteiger partial charge in [-0.25, -0.2) is 14.3 Å². The maximum Gasteiger partial charge on any atom is 0.394 e. The van der Waals surface area contributed by atoms with Crippen LogP contribution in [0.3, 0.4) is 0 Å². The highest BCUT2D eigenvalue weighted by atomic mass is 35.5. The van der Waals surface area contributed by atoms with Crippen molar-refractivity contribution in [2.75, 3.05) is 6.61 Å². The minimum Gasteiger partial charge on any atom is -0.464 e. The molecule has 152 valence electrons. The molecule has 0 aromatic carbocycles. The molecule has 0 radical (unpaired) electrons. The summed E-state index contributed by atoms with van der Waals surface area (Å²) in [6, 6.07) is -0.397. The second-order valence-electron chi connectivity index (χ2n) is 6.19. The smallest absolute Gasteiger partial charge is 0.394 e. The van der Waals surface area contributed by atoms with Crippen LogP contribution in [0.15, 0.2) is 17.1 Å². The summed E-state index contributed by atoms with van der Waals surface area (Å²) in [5.41, 5.74) is -0.599. The van der Waals surface area contributed by atoms with E-state index in [2.05, 4.69) is 10.1 Å². The number of nitrogens with zero attached hydrogens (tertiary/aromatic N) is 4. The Morgan fingerprint density at radius 3 is 2.71 bits per heavy atom. The molecule has 0 saturated heterocycles. The second-order valence-corrected chi connectivity index (χ2v) is 7.04. The SMILES string of the molecule is CCOC(=O)C1C(C(F)(F)F)CCc2nn(Cc3ncc(Cl)cc3Cl)c(=O)n21. The predicted molar refractivity (Wildman–Crippen MR) is 93.4 cm³/mol. The van der Waals surface area contributed by atoms with Gasteiger partial charge in [0, 0.05) is 12.6 Å². The van der Waals surface area contributed by atoms with E-state index in [9.17, 15) is 22.8 Å². The molecule has 0 spiro atoms. The van der Waals surface area contributed by atoms with Crippen LogP contribution in [-0.2, 0) is 22.5 Å². The highest BCUT2D eigenvalue weighted by Crippen LogP contribution is 2.41. The van der Waals surface area contributed by atoms with E-state index >= 15 is 0 Å². The molecular formula is C16H15Cl2F3N4O3. The lowest BCUT2D eigenvalue weighted by Crippen LogP contribution is -2.45. The molecule has 3 rings (SSSR count). The monoisotopic (exact) mass is 438 g/mol. The van der Waals surface area contributed by atoms with Crippen LogP contribution < -0.4 is 5.69 Å². The number of carbonyl (C=O) groups is 1. The minimum atomic E-state index is -4.67. The summed E-state index contributed by atoms with van der Waals surface area (Å²) >= 11 is 11.8. The molecule has 3 heterocycles. The van der Waals surface area contributed by atoms with E-state index in [0.717, 1.165) is 9.25 Å². The van der Waals surface area contributed by atoms with Gasteiger partial charge in [-0.2, -0.15) is 18.3 Å². The van der Waals surface area contributed by atoms with Gasteiger partial charge in [-0.3, -0.25) is 9.55 Å². The predicted octanol–water partition coefficient (Wildman–Crippen LogP) is 3.02. The maximum atomic E-state index is 13.5. The zero-order valence-corrected chi connectivity index (χ0v) is 16.1. The van der Waals surface area contributed by atoms with Crippen LogP contribution in [0.2, 0.25) is 10.0 Å². The van der Waals surface area contributed by atoms with E-state index < -0.39 is 29.8 Å². The topological polar surface area (TPSA) is 79.0 Å². The lowest BCUT2D eigenvalue weighted by Gasteiger charge is -2.31. The first-order valence-corrected chi connectivity index (χ1v) is 9.10. The fourth-order valence-electron chi connectivity index (χ4n) is 3.18. The van der Waals surface area contributed by atoms with E-state index in [0.29, 0.717) is 5.02 Å². The molecular weight excluding hydrogens is 424 g/mol. The Balaban J connectivity index is 2.04. The van der Waals surface area contributed by atoms with Gasteiger partial charge < -0.3 is 4.74 Å². The molecule has 12 heteroatoms. The molecule has 0 N–H and O–H groups in total. The van der Waals surface area contributed by atoms with E-state index in [1.165, 1.54) is 19.2 Å². The fourth-order valence-corrected chi connectivity index (χ4v) is 3.62. The van der Waals surface area contributed by atoms with Gasteiger partial charge in [0.05, 0.1) is 34.8 Å². The Morgan fingerprint density at radius 1 is 1.39 bits per heavy atom. The number of rotatable bonds is 4. The molecule has 2 atom stereocenters. The van der Waals surface area contributed by atoms with Crippen molar-refractivity contribution in [1.82, 2.24) is 19.3 Å². The molecule has 1 aliphatic heterocycles. The van der Waals surface area contributed by atoms with Gasteiger partial charge in [-0.1, -0.05) is 23.2 Å². The third kappa shape index (κ3) is 3.88. The van der Waals surface area contributed by atoms with Gasteiger partial charge in [-0.15, -0.1) is 0 Å². The number of carbonyl (C=O) groups excluding carboxylic acids is 1. The molecule has 0 amide bonds. The second kappa shape index (κ2) is 7.75. The molecule has 0 saturated carbocycles. The first-order chi connectivity index (χ1) is 13.1. The van der Waals surface area contributed by atoms with Crippen LogP contribution in [0.4, 0.5) is 13.2 Å². The Morgan fingerprint density at radius 2 is 2.11 bits per heavy atom. The summed E-state index contributed by atoms with van der Waals surface area (Å²) in [7, 11) is 0. The number of hydrogen-bond acceptors (Lipinski definition) is 5. The van der Waals surface area contributed by atoms with Crippen LogP contribution in [0.5, 0.6) is 0 Å². The first-order valence-electron chi connectivity index (χ1n) is 8.35. The summed E-state index contributed by atoms with van der Waals surface area (Å²) in [5.74, 6) is -3.07. The van der Waals surface area contributed by atoms with E-state index in [1.807, 2.05) is 0 Å². The number of hydrogen-bond donors (Lipinski definition) is 0. The van der Waals surface area contributed by atoms with Crippen LogP contribution in [-0.4, -0.2) is 38.1 Å². The Bertz CT molecular complexity index is 958. The van der Waals surface area contributed by atoms with Crippen molar-refractivity contribution in [3.8, 4) is 0 Å². The van der Waals surface area contributed by atoms with Crippen molar-refractivity contribution < 1.29 is 22.7 Å². The average molecular weight is 439 g/mol. The highest BCUT2D eigenvalue weighted by molar-refractivity contribution is 6.34. The van der Waals surface area contributed by atoms with E-state index in [4.69, 9.17) is 27.9 Å². The molecule has 2 unspecified atom stereocenters. The standard InChI is InChI=1S/C16H15Cl2F3N4O3/c1-2-28-14(26)13-9(16(19,20)21)3-4-12-23-24(15(27)25(12)13)7-11-10(18)5-8(17)6-22-11/h5-6,9,13H,2-4,7H2,1H3. The third-order valence-electron chi connectivity index (χ3n) is 4.41. The molecule has 2 aromatic heterocycles. The van der Waals surface area contributed by atoms with Crippen molar-refractivity contribution in [2.45, 2.75) is 38.5 Å². The number of ether oxygens (including phenoxy) is 1. The Labute approximate surface area is 167 Å². The summed E-state index contributed by atoms with van der Waals surface area (Å²) in [6.07, 6.45) is -3.82. The van der Waals surface area contributed by atoms with Crippen LogP contribution >= 0.6 is 23.2 Å². The first kappa shape index (κ1) is 20.7. The molecule has 28 heavy (non-hydrogen) atoms. The number of halogens is 5. The average Bonchev–Trinajstić information content (AvgIpc) is 2.92. The lowest BCUT2D eigenvalue weighted by atomic mass is 9.90. The van der Waals surface area contributed by atoms with Crippen molar-refractivity contribution >= 4 is 29.2 Å². The van der Waals surface area contributed by atoms with E-state index in [-0.39, 0.29) is 42.5 Å². The molecule has 7 nitrogen and oxygen atoms in total. The Kier molecular flexibility index (Phi) is 5.72.